The topological polar surface area (TPSA) is 110 Å². The molecule has 1 fully saturated rings. The normalized spacial score (nSPS) is 20.9. The number of hydrogen-bond donors (Lipinski definition) is 1. The van der Waals surface area contributed by atoms with Crippen LogP contribution < -0.4 is 5.32 Å². The minimum Gasteiger partial charge on any atom is -0.322 e. The van der Waals surface area contributed by atoms with Crippen molar-refractivity contribution in [2.24, 2.45) is 0 Å². The molecule has 8 nitrogen and oxygen atoms in total. The zero-order chi connectivity index (χ0) is 16.0. The molecule has 1 atom stereocenters. The van der Waals surface area contributed by atoms with Gasteiger partial charge in [0, 0.05) is 6.42 Å². The van der Waals surface area contributed by atoms with E-state index in [0.29, 0.717) is 0 Å². The fraction of sp³-hybridized carbons (Fsp3) is 0.308. The van der Waals surface area contributed by atoms with Crippen LogP contribution in [0.4, 0.5) is 5.69 Å². The Balaban J connectivity index is 1.98. The monoisotopic (exact) mass is 367 g/mol. The van der Waals surface area contributed by atoms with Gasteiger partial charge in [-0.05, 0) is 34.5 Å². The summed E-state index contributed by atoms with van der Waals surface area (Å²) in [5.41, 5.74) is 0.342. The van der Waals surface area contributed by atoms with Gasteiger partial charge in [0.1, 0.15) is 6.04 Å². The molecule has 3 amide bonds. The summed E-state index contributed by atoms with van der Waals surface area (Å²) >= 11 is 3.11. The van der Waals surface area contributed by atoms with Crippen LogP contribution in [0.25, 0.3) is 0 Å². The lowest BCUT2D eigenvalue weighted by Crippen LogP contribution is -2.52. The molecular formula is C13H10BrN3O5. The number of fused-ring (bicyclic) bond motifs is 1. The predicted octanol–water partition coefficient (Wildman–Crippen LogP) is 1.12. The van der Waals surface area contributed by atoms with Crippen molar-refractivity contribution in [3.05, 3.63) is 37.8 Å². The average Bonchev–Trinajstić information content (AvgIpc) is 2.75. The molecule has 3 rings (SSSR count). The highest BCUT2D eigenvalue weighted by atomic mass is 79.9. The lowest BCUT2D eigenvalue weighted by Gasteiger charge is -2.29. The molecule has 2 heterocycles. The highest BCUT2D eigenvalue weighted by molar-refractivity contribution is 9.10. The molecular weight excluding hydrogens is 358 g/mol. The fourth-order valence-electron chi connectivity index (χ4n) is 2.79. The highest BCUT2D eigenvalue weighted by Crippen LogP contribution is 2.37. The summed E-state index contributed by atoms with van der Waals surface area (Å²) in [5.74, 6) is -1.35. The first-order valence-electron chi connectivity index (χ1n) is 6.50. The van der Waals surface area contributed by atoms with E-state index in [-0.39, 0.29) is 46.6 Å². The number of halogens is 1. The van der Waals surface area contributed by atoms with Crippen molar-refractivity contribution in [2.45, 2.75) is 25.4 Å². The van der Waals surface area contributed by atoms with Crippen LogP contribution in [0.2, 0.25) is 0 Å². The molecule has 0 saturated carbocycles. The van der Waals surface area contributed by atoms with Crippen molar-refractivity contribution in [1.29, 1.82) is 0 Å². The summed E-state index contributed by atoms with van der Waals surface area (Å²) in [6.07, 6.45) is 0.363. The number of amides is 3. The summed E-state index contributed by atoms with van der Waals surface area (Å²) in [6.45, 7) is -0.0177. The maximum Gasteiger partial charge on any atom is 0.289 e. The third kappa shape index (κ3) is 2.17. The molecule has 2 aliphatic heterocycles. The number of nitro benzene ring substituents is 1. The Morgan fingerprint density at radius 1 is 1.32 bits per heavy atom. The van der Waals surface area contributed by atoms with E-state index in [0.717, 1.165) is 0 Å². The number of hydrogen-bond acceptors (Lipinski definition) is 5. The fourth-order valence-corrected chi connectivity index (χ4v) is 3.31. The van der Waals surface area contributed by atoms with Crippen LogP contribution >= 0.6 is 15.9 Å². The van der Waals surface area contributed by atoms with Crippen LogP contribution in [0, 0.1) is 10.1 Å². The summed E-state index contributed by atoms with van der Waals surface area (Å²) in [4.78, 5) is 47.5. The Kier molecular flexibility index (Phi) is 3.44. The van der Waals surface area contributed by atoms with Gasteiger partial charge in [0.15, 0.2) is 0 Å². The molecule has 0 radical (unpaired) electrons. The molecule has 0 bridgehead atoms. The van der Waals surface area contributed by atoms with E-state index in [4.69, 9.17) is 0 Å². The number of nitro groups is 1. The zero-order valence-corrected chi connectivity index (χ0v) is 12.8. The second-order valence-corrected chi connectivity index (χ2v) is 5.93. The summed E-state index contributed by atoms with van der Waals surface area (Å²) in [7, 11) is 0. The Hall–Kier alpha value is -2.29. The Labute approximate surface area is 132 Å². The van der Waals surface area contributed by atoms with E-state index in [2.05, 4.69) is 21.2 Å². The van der Waals surface area contributed by atoms with Gasteiger partial charge >= 0.3 is 0 Å². The Morgan fingerprint density at radius 2 is 2.05 bits per heavy atom. The molecule has 1 unspecified atom stereocenters. The van der Waals surface area contributed by atoms with Crippen LogP contribution in [-0.2, 0) is 16.1 Å². The number of piperidine rings is 1. The summed E-state index contributed by atoms with van der Waals surface area (Å²) in [6, 6.07) is 2.17. The number of nitrogens with zero attached hydrogens (tertiary/aromatic N) is 2. The van der Waals surface area contributed by atoms with Gasteiger partial charge in [0.2, 0.25) is 11.8 Å². The maximum absolute atomic E-state index is 12.4. The first-order valence-corrected chi connectivity index (χ1v) is 7.30. The van der Waals surface area contributed by atoms with Gasteiger partial charge in [-0.25, -0.2) is 0 Å². The maximum atomic E-state index is 12.4. The quantitative estimate of drug-likeness (QED) is 0.478. The molecule has 1 aromatic rings. The lowest BCUT2D eigenvalue weighted by molar-refractivity contribution is -0.386. The molecule has 0 aliphatic carbocycles. The molecule has 0 spiro atoms. The standard InChI is InChI=1S/C13H10BrN3O5/c14-8-2-1-6-7(11(8)17(21)22)5-16(13(6)20)9-3-4-10(18)15-12(9)19/h1-2,9H,3-5H2,(H,15,18,19). The number of rotatable bonds is 2. The number of carbonyl (C=O) groups excluding carboxylic acids is 3. The van der Waals surface area contributed by atoms with Crippen LogP contribution in [0.15, 0.2) is 16.6 Å². The SMILES string of the molecule is O=C1CCC(N2Cc3c(ccc(Br)c3[N+](=O)[O-])C2=O)C(=O)N1. The lowest BCUT2D eigenvalue weighted by atomic mass is 10.0. The van der Waals surface area contributed by atoms with E-state index in [1.165, 1.54) is 17.0 Å². The first kappa shape index (κ1) is 14.6. The van der Waals surface area contributed by atoms with E-state index in [9.17, 15) is 24.5 Å². The molecule has 1 N–H and O–H groups in total. The Morgan fingerprint density at radius 3 is 2.68 bits per heavy atom. The second kappa shape index (κ2) is 5.16. The minimum absolute atomic E-state index is 0.0177. The van der Waals surface area contributed by atoms with Crippen molar-refractivity contribution in [1.82, 2.24) is 10.2 Å². The van der Waals surface area contributed by atoms with E-state index < -0.39 is 22.8 Å². The summed E-state index contributed by atoms with van der Waals surface area (Å²) < 4.78 is 0.286. The number of benzene rings is 1. The van der Waals surface area contributed by atoms with Gasteiger partial charge in [0.05, 0.1) is 27.1 Å². The van der Waals surface area contributed by atoms with Gasteiger partial charge < -0.3 is 4.90 Å². The van der Waals surface area contributed by atoms with Crippen LogP contribution in [0.3, 0.4) is 0 Å². The second-order valence-electron chi connectivity index (χ2n) is 5.08. The van der Waals surface area contributed by atoms with Gasteiger partial charge in [-0.2, -0.15) is 0 Å². The Bertz CT molecular complexity index is 733. The number of carbonyl (C=O) groups is 3. The van der Waals surface area contributed by atoms with Gasteiger partial charge in [0.25, 0.3) is 11.6 Å². The molecule has 0 aromatic heterocycles. The first-order chi connectivity index (χ1) is 10.4. The van der Waals surface area contributed by atoms with Crippen LogP contribution in [0.1, 0.15) is 28.8 Å². The molecule has 9 heteroatoms. The third-order valence-electron chi connectivity index (χ3n) is 3.82. The van der Waals surface area contributed by atoms with Crippen molar-refractivity contribution in [3.8, 4) is 0 Å². The molecule has 1 saturated heterocycles. The molecule has 2 aliphatic rings. The minimum atomic E-state index is -0.782. The number of imide groups is 1. The highest BCUT2D eigenvalue weighted by Gasteiger charge is 2.42. The van der Waals surface area contributed by atoms with E-state index >= 15 is 0 Å². The van der Waals surface area contributed by atoms with E-state index in [1.807, 2.05) is 0 Å². The third-order valence-corrected chi connectivity index (χ3v) is 4.46. The van der Waals surface area contributed by atoms with Crippen LogP contribution in [0.5, 0.6) is 0 Å². The largest absolute Gasteiger partial charge is 0.322 e. The number of nitrogens with one attached hydrogen (secondary N) is 1. The van der Waals surface area contributed by atoms with Gasteiger partial charge in [-0.3, -0.25) is 29.8 Å². The van der Waals surface area contributed by atoms with Crippen molar-refractivity contribution in [3.63, 3.8) is 0 Å². The van der Waals surface area contributed by atoms with Crippen molar-refractivity contribution >= 4 is 39.3 Å². The molecule has 114 valence electrons. The zero-order valence-electron chi connectivity index (χ0n) is 11.2. The van der Waals surface area contributed by atoms with Gasteiger partial charge in [-0.1, -0.05) is 0 Å². The molecule has 22 heavy (non-hydrogen) atoms. The summed E-state index contributed by atoms with van der Waals surface area (Å²) in [5, 5.41) is 13.4. The van der Waals surface area contributed by atoms with Crippen molar-refractivity contribution in [2.75, 3.05) is 0 Å². The molecule has 1 aromatic carbocycles. The average molecular weight is 368 g/mol. The van der Waals surface area contributed by atoms with Crippen molar-refractivity contribution < 1.29 is 19.3 Å². The predicted molar refractivity (Wildman–Crippen MR) is 76.8 cm³/mol. The van der Waals surface area contributed by atoms with E-state index in [1.54, 1.807) is 0 Å². The van der Waals surface area contributed by atoms with Gasteiger partial charge in [-0.15, -0.1) is 0 Å². The smallest absolute Gasteiger partial charge is 0.289 e. The van der Waals surface area contributed by atoms with Crippen LogP contribution in [-0.4, -0.2) is 33.6 Å².